The van der Waals surface area contributed by atoms with Gasteiger partial charge in [-0.1, -0.05) is 36.4 Å². The smallest absolute Gasteiger partial charge is 0.110 e. The Morgan fingerprint density at radius 1 is 0.727 bits per heavy atom. The maximum Gasteiger partial charge on any atom is 0.110 e. The van der Waals surface area contributed by atoms with Crippen LogP contribution in [0.4, 0.5) is 0 Å². The van der Waals surface area contributed by atoms with E-state index in [1.54, 1.807) is 30.4 Å². The quantitative estimate of drug-likeness (QED) is 0.596. The number of hydrogen-bond donors (Lipinski definition) is 4. The van der Waals surface area contributed by atoms with E-state index in [0.717, 1.165) is 21.9 Å². The molecule has 0 amide bonds. The molecule has 2 aliphatic rings. The molecule has 112 valence electrons. The van der Waals surface area contributed by atoms with Gasteiger partial charge >= 0.3 is 0 Å². The standard InChI is InChI=1S/C18H16O4/c19-14-6-4-11-7-10-2-1-9-3-5-15(20)18(22)16(9)12(10)8-13(11)17(14)21/h1-8,14-15,17-22H. The third kappa shape index (κ3) is 1.86. The molecule has 4 nitrogen and oxygen atoms in total. The summed E-state index contributed by atoms with van der Waals surface area (Å²) in [6, 6.07) is 7.59. The van der Waals surface area contributed by atoms with Crippen LogP contribution in [0, 0.1) is 0 Å². The van der Waals surface area contributed by atoms with Gasteiger partial charge in [-0.05, 0) is 45.2 Å². The summed E-state index contributed by atoms with van der Waals surface area (Å²) < 4.78 is 0. The average molecular weight is 296 g/mol. The highest BCUT2D eigenvalue weighted by Gasteiger charge is 2.27. The van der Waals surface area contributed by atoms with Gasteiger partial charge in [-0.25, -0.2) is 0 Å². The van der Waals surface area contributed by atoms with Crippen LogP contribution in [0.15, 0.2) is 36.4 Å². The molecule has 0 bridgehead atoms. The molecule has 0 fully saturated rings. The topological polar surface area (TPSA) is 80.9 Å². The molecule has 0 aliphatic heterocycles. The van der Waals surface area contributed by atoms with Crippen LogP contribution in [-0.2, 0) is 0 Å². The van der Waals surface area contributed by atoms with Crippen LogP contribution in [0.2, 0.25) is 0 Å². The third-order valence-corrected chi connectivity index (χ3v) is 4.51. The van der Waals surface area contributed by atoms with Gasteiger partial charge in [-0.2, -0.15) is 0 Å². The van der Waals surface area contributed by atoms with Crippen molar-refractivity contribution in [3.63, 3.8) is 0 Å². The highest BCUT2D eigenvalue weighted by atomic mass is 16.3. The molecule has 0 aromatic heterocycles. The van der Waals surface area contributed by atoms with Crippen molar-refractivity contribution in [2.45, 2.75) is 24.4 Å². The number of hydrogen-bond acceptors (Lipinski definition) is 4. The van der Waals surface area contributed by atoms with Crippen molar-refractivity contribution in [3.05, 3.63) is 58.7 Å². The van der Waals surface area contributed by atoms with E-state index in [1.807, 2.05) is 18.2 Å². The maximum atomic E-state index is 10.3. The first-order valence-electron chi connectivity index (χ1n) is 7.25. The SMILES string of the molecule is OC1C=Cc2cc3ccc4c(c3cc2C1O)C(O)C(O)C=C4. The summed E-state index contributed by atoms with van der Waals surface area (Å²) in [6.45, 7) is 0. The first-order chi connectivity index (χ1) is 10.6. The van der Waals surface area contributed by atoms with E-state index in [1.165, 1.54) is 0 Å². The van der Waals surface area contributed by atoms with Crippen molar-refractivity contribution in [3.8, 4) is 0 Å². The molecule has 0 saturated heterocycles. The van der Waals surface area contributed by atoms with Crippen molar-refractivity contribution in [1.29, 1.82) is 0 Å². The van der Waals surface area contributed by atoms with Crippen LogP contribution < -0.4 is 0 Å². The second-order valence-electron chi connectivity index (χ2n) is 5.86. The van der Waals surface area contributed by atoms with Gasteiger partial charge in [0.2, 0.25) is 0 Å². The Hall–Kier alpha value is -1.98. The van der Waals surface area contributed by atoms with E-state index in [-0.39, 0.29) is 0 Å². The van der Waals surface area contributed by atoms with Gasteiger partial charge in [0.25, 0.3) is 0 Å². The summed E-state index contributed by atoms with van der Waals surface area (Å²) in [5.41, 5.74) is 3.00. The van der Waals surface area contributed by atoms with E-state index >= 15 is 0 Å². The van der Waals surface area contributed by atoms with Crippen molar-refractivity contribution in [2.75, 3.05) is 0 Å². The molecule has 0 spiro atoms. The molecule has 4 N–H and O–H groups in total. The predicted molar refractivity (Wildman–Crippen MR) is 83.9 cm³/mol. The lowest BCUT2D eigenvalue weighted by molar-refractivity contribution is 0.0465. The Balaban J connectivity index is 2.02. The first-order valence-corrected chi connectivity index (χ1v) is 7.25. The molecule has 2 aromatic carbocycles. The average Bonchev–Trinajstić information content (AvgIpc) is 2.53. The summed E-state index contributed by atoms with van der Waals surface area (Å²) in [7, 11) is 0. The largest absolute Gasteiger partial charge is 0.386 e. The fraction of sp³-hybridized carbons (Fsp3) is 0.222. The molecule has 2 aliphatic carbocycles. The van der Waals surface area contributed by atoms with Gasteiger partial charge in [0, 0.05) is 0 Å². The van der Waals surface area contributed by atoms with Crippen molar-refractivity contribution >= 4 is 22.9 Å². The van der Waals surface area contributed by atoms with Crippen LogP contribution in [-0.4, -0.2) is 32.6 Å². The number of fused-ring (bicyclic) bond motifs is 4. The molecular formula is C18H16O4. The first kappa shape index (κ1) is 13.7. The van der Waals surface area contributed by atoms with Gasteiger partial charge in [0.05, 0.1) is 0 Å². The Kier molecular flexibility index (Phi) is 2.96. The zero-order chi connectivity index (χ0) is 15.4. The summed E-state index contributed by atoms with van der Waals surface area (Å²) in [4.78, 5) is 0. The Bertz CT molecular complexity index is 815. The molecule has 4 rings (SSSR count). The normalized spacial score (nSPS) is 29.5. The second kappa shape index (κ2) is 4.76. The minimum absolute atomic E-state index is 0.632. The van der Waals surface area contributed by atoms with Gasteiger partial charge < -0.3 is 20.4 Å². The van der Waals surface area contributed by atoms with Crippen LogP contribution in [0.3, 0.4) is 0 Å². The van der Waals surface area contributed by atoms with Crippen LogP contribution in [0.5, 0.6) is 0 Å². The summed E-state index contributed by atoms with van der Waals surface area (Å²) >= 11 is 0. The zero-order valence-corrected chi connectivity index (χ0v) is 11.7. The fourth-order valence-corrected chi connectivity index (χ4v) is 3.29. The van der Waals surface area contributed by atoms with Crippen LogP contribution >= 0.6 is 0 Å². The Morgan fingerprint density at radius 2 is 1.41 bits per heavy atom. The van der Waals surface area contributed by atoms with Gasteiger partial charge in [0.1, 0.15) is 24.4 Å². The molecule has 4 unspecified atom stereocenters. The van der Waals surface area contributed by atoms with E-state index in [4.69, 9.17) is 0 Å². The Morgan fingerprint density at radius 3 is 2.18 bits per heavy atom. The van der Waals surface area contributed by atoms with Gasteiger partial charge in [0.15, 0.2) is 0 Å². The number of benzene rings is 2. The van der Waals surface area contributed by atoms with Crippen LogP contribution in [0.25, 0.3) is 22.9 Å². The zero-order valence-electron chi connectivity index (χ0n) is 11.7. The van der Waals surface area contributed by atoms with Crippen molar-refractivity contribution in [2.24, 2.45) is 0 Å². The highest BCUT2D eigenvalue weighted by Crippen LogP contribution is 2.38. The number of aliphatic hydroxyl groups excluding tert-OH is 4. The van der Waals surface area contributed by atoms with Crippen LogP contribution in [0.1, 0.15) is 34.5 Å². The summed E-state index contributed by atoms with van der Waals surface area (Å²) in [5.74, 6) is 0. The maximum absolute atomic E-state index is 10.3. The molecule has 22 heavy (non-hydrogen) atoms. The lowest BCUT2D eigenvalue weighted by atomic mass is 9.84. The lowest BCUT2D eigenvalue weighted by Crippen LogP contribution is -2.21. The fourth-order valence-electron chi connectivity index (χ4n) is 3.29. The van der Waals surface area contributed by atoms with E-state index in [2.05, 4.69) is 0 Å². The molecule has 2 aromatic rings. The molecule has 0 heterocycles. The van der Waals surface area contributed by atoms with E-state index in [0.29, 0.717) is 11.1 Å². The molecular weight excluding hydrogens is 280 g/mol. The molecule has 0 radical (unpaired) electrons. The monoisotopic (exact) mass is 296 g/mol. The third-order valence-electron chi connectivity index (χ3n) is 4.51. The molecule has 4 atom stereocenters. The van der Waals surface area contributed by atoms with E-state index < -0.39 is 24.4 Å². The number of rotatable bonds is 0. The second-order valence-corrected chi connectivity index (χ2v) is 5.86. The van der Waals surface area contributed by atoms with Crippen molar-refractivity contribution in [1.82, 2.24) is 0 Å². The lowest BCUT2D eigenvalue weighted by Gasteiger charge is -2.26. The van der Waals surface area contributed by atoms with Crippen molar-refractivity contribution < 1.29 is 20.4 Å². The highest BCUT2D eigenvalue weighted by molar-refractivity contribution is 5.92. The minimum Gasteiger partial charge on any atom is -0.386 e. The Labute approximate surface area is 127 Å². The summed E-state index contributed by atoms with van der Waals surface area (Å²) in [6.07, 6.45) is 2.86. The predicted octanol–water partition coefficient (Wildman–Crippen LogP) is 1.68. The van der Waals surface area contributed by atoms with E-state index in [9.17, 15) is 20.4 Å². The molecule has 0 saturated carbocycles. The molecule has 4 heteroatoms. The van der Waals surface area contributed by atoms with Gasteiger partial charge in [-0.3, -0.25) is 0 Å². The number of aliphatic hydroxyl groups is 4. The summed E-state index contributed by atoms with van der Waals surface area (Å²) in [5, 5.41) is 41.9. The van der Waals surface area contributed by atoms with Gasteiger partial charge in [-0.15, -0.1) is 0 Å². The minimum atomic E-state index is -0.997.